The molecule has 2 atom stereocenters. The van der Waals surface area contributed by atoms with Gasteiger partial charge in [0.05, 0.1) is 11.7 Å². The number of aryl methyl sites for hydroxylation is 2. The van der Waals surface area contributed by atoms with E-state index in [1.54, 1.807) is 0 Å². The van der Waals surface area contributed by atoms with Crippen molar-refractivity contribution in [2.24, 2.45) is 5.41 Å². The van der Waals surface area contributed by atoms with E-state index >= 15 is 0 Å². The summed E-state index contributed by atoms with van der Waals surface area (Å²) in [7, 11) is 0. The lowest BCUT2D eigenvalue weighted by molar-refractivity contribution is -0.0782. The van der Waals surface area contributed by atoms with E-state index in [-0.39, 0.29) is 17.4 Å². The summed E-state index contributed by atoms with van der Waals surface area (Å²) in [5.74, 6) is 1.49. The summed E-state index contributed by atoms with van der Waals surface area (Å²) in [6, 6.07) is 1.84. The van der Waals surface area contributed by atoms with Gasteiger partial charge in [0.15, 0.2) is 0 Å². The van der Waals surface area contributed by atoms with Crippen LogP contribution in [0.5, 0.6) is 0 Å². The molecule has 0 saturated carbocycles. The summed E-state index contributed by atoms with van der Waals surface area (Å²) in [5.41, 5.74) is 1.81. The first kappa shape index (κ1) is 20.2. The minimum absolute atomic E-state index is 0.0392. The van der Waals surface area contributed by atoms with E-state index in [4.69, 9.17) is 4.42 Å². The first-order valence-electron chi connectivity index (χ1n) is 10.2. The smallest absolute Gasteiger partial charge is 0.257 e. The van der Waals surface area contributed by atoms with Gasteiger partial charge in [-0.25, -0.2) is 0 Å². The maximum atomic E-state index is 13.1. The molecule has 5 nitrogen and oxygen atoms in total. The molecular formula is C22H34N2O3. The standard InChI is InChI=1S/C22H34N2O3/c1-16(2)7-5-10-23-12-8-20(25)22(14-23)9-6-11-24(15-22)21(26)19-13-17(3)27-18(19)4/h7,13,20,25H,5-6,8-12,14-15H2,1-4H3/t20-,22-/m1/s1. The van der Waals surface area contributed by atoms with E-state index in [1.807, 2.05) is 24.8 Å². The molecule has 1 N–H and O–H groups in total. The van der Waals surface area contributed by atoms with Crippen molar-refractivity contribution in [3.05, 3.63) is 34.8 Å². The second-order valence-electron chi connectivity index (χ2n) is 8.67. The van der Waals surface area contributed by atoms with E-state index in [2.05, 4.69) is 24.8 Å². The van der Waals surface area contributed by atoms with Gasteiger partial charge >= 0.3 is 0 Å². The van der Waals surface area contributed by atoms with Crippen molar-refractivity contribution in [3.63, 3.8) is 0 Å². The number of carbonyl (C=O) groups excluding carboxylic acids is 1. The van der Waals surface area contributed by atoms with Crippen molar-refractivity contribution in [3.8, 4) is 0 Å². The van der Waals surface area contributed by atoms with Crippen molar-refractivity contribution in [1.82, 2.24) is 9.80 Å². The van der Waals surface area contributed by atoms with Gasteiger partial charge in [0.1, 0.15) is 11.5 Å². The number of hydrogen-bond donors (Lipinski definition) is 1. The molecule has 3 rings (SSSR count). The minimum Gasteiger partial charge on any atom is -0.466 e. The van der Waals surface area contributed by atoms with E-state index < -0.39 is 0 Å². The van der Waals surface area contributed by atoms with Crippen LogP contribution < -0.4 is 0 Å². The van der Waals surface area contributed by atoms with Crippen LogP contribution in [0.1, 0.15) is 61.4 Å². The van der Waals surface area contributed by atoms with Crippen LogP contribution in [0.2, 0.25) is 0 Å². The first-order valence-corrected chi connectivity index (χ1v) is 10.2. The Morgan fingerprint density at radius 1 is 1.33 bits per heavy atom. The van der Waals surface area contributed by atoms with Crippen LogP contribution in [-0.4, -0.2) is 59.6 Å². The molecule has 2 fully saturated rings. The highest BCUT2D eigenvalue weighted by Crippen LogP contribution is 2.39. The highest BCUT2D eigenvalue weighted by atomic mass is 16.3. The third kappa shape index (κ3) is 4.46. The van der Waals surface area contributed by atoms with Crippen LogP contribution in [0.3, 0.4) is 0 Å². The molecule has 3 heterocycles. The monoisotopic (exact) mass is 374 g/mol. The molecule has 5 heteroatoms. The zero-order valence-corrected chi connectivity index (χ0v) is 17.3. The van der Waals surface area contributed by atoms with E-state index in [9.17, 15) is 9.90 Å². The molecule has 0 aliphatic carbocycles. The number of rotatable bonds is 4. The van der Waals surface area contributed by atoms with Gasteiger partial charge in [-0.15, -0.1) is 0 Å². The summed E-state index contributed by atoms with van der Waals surface area (Å²) < 4.78 is 5.55. The zero-order chi connectivity index (χ0) is 19.6. The molecule has 2 aliphatic heterocycles. The molecule has 0 radical (unpaired) electrons. The van der Waals surface area contributed by atoms with E-state index in [0.717, 1.165) is 57.6 Å². The van der Waals surface area contributed by atoms with Crippen molar-refractivity contribution < 1.29 is 14.3 Å². The van der Waals surface area contributed by atoms with Gasteiger partial charge in [0.25, 0.3) is 5.91 Å². The van der Waals surface area contributed by atoms with Crippen LogP contribution in [0, 0.1) is 19.3 Å². The first-order chi connectivity index (χ1) is 12.8. The van der Waals surface area contributed by atoms with Gasteiger partial charge in [-0.3, -0.25) is 4.79 Å². The van der Waals surface area contributed by atoms with Gasteiger partial charge in [-0.2, -0.15) is 0 Å². The molecular weight excluding hydrogens is 340 g/mol. The SMILES string of the molecule is CC(C)=CCCN1CC[C@@H](O)[C@]2(CCCN(C(=O)c3cc(C)oc3C)C2)C1. The Balaban J connectivity index is 1.71. The normalized spacial score (nSPS) is 26.4. The number of furan rings is 1. The Morgan fingerprint density at radius 2 is 2.11 bits per heavy atom. The highest BCUT2D eigenvalue weighted by molar-refractivity contribution is 5.95. The molecule has 1 aromatic heterocycles. The average molecular weight is 375 g/mol. The fourth-order valence-corrected chi connectivity index (χ4v) is 4.72. The Bertz CT molecular complexity index is 704. The summed E-state index contributed by atoms with van der Waals surface area (Å²) in [4.78, 5) is 17.5. The van der Waals surface area contributed by atoms with Crippen molar-refractivity contribution in [1.29, 1.82) is 0 Å². The van der Waals surface area contributed by atoms with Crippen LogP contribution in [0.4, 0.5) is 0 Å². The van der Waals surface area contributed by atoms with Crippen LogP contribution in [-0.2, 0) is 0 Å². The van der Waals surface area contributed by atoms with Gasteiger partial charge < -0.3 is 19.3 Å². The number of amides is 1. The fourth-order valence-electron chi connectivity index (χ4n) is 4.72. The molecule has 27 heavy (non-hydrogen) atoms. The van der Waals surface area contributed by atoms with E-state index in [1.165, 1.54) is 5.57 Å². The van der Waals surface area contributed by atoms with Gasteiger partial charge in [0, 0.05) is 38.1 Å². The molecule has 150 valence electrons. The maximum Gasteiger partial charge on any atom is 0.257 e. The third-order valence-corrected chi connectivity index (χ3v) is 6.13. The predicted octanol–water partition coefficient (Wildman–Crippen LogP) is 3.54. The Labute approximate surface area is 163 Å². The number of aliphatic hydroxyl groups excluding tert-OH is 1. The largest absolute Gasteiger partial charge is 0.466 e. The van der Waals surface area contributed by atoms with Crippen molar-refractivity contribution in [2.75, 3.05) is 32.7 Å². The molecule has 2 saturated heterocycles. The quantitative estimate of drug-likeness (QED) is 0.819. The number of carbonyl (C=O) groups is 1. The highest BCUT2D eigenvalue weighted by Gasteiger charge is 2.46. The summed E-state index contributed by atoms with van der Waals surface area (Å²) >= 11 is 0. The topological polar surface area (TPSA) is 56.9 Å². The fraction of sp³-hybridized carbons (Fsp3) is 0.682. The summed E-state index contributed by atoms with van der Waals surface area (Å²) in [6.07, 6.45) is 5.71. The average Bonchev–Trinajstić information content (AvgIpc) is 2.95. The maximum absolute atomic E-state index is 13.1. The van der Waals surface area contributed by atoms with Crippen molar-refractivity contribution in [2.45, 2.75) is 59.5 Å². The van der Waals surface area contributed by atoms with Gasteiger partial charge in [-0.05, 0) is 59.4 Å². The lowest BCUT2D eigenvalue weighted by Crippen LogP contribution is -2.59. The molecule has 0 bridgehead atoms. The number of hydrogen-bond acceptors (Lipinski definition) is 4. The number of likely N-dealkylation sites (tertiary alicyclic amines) is 2. The second kappa shape index (κ2) is 8.19. The summed E-state index contributed by atoms with van der Waals surface area (Å²) in [5, 5.41) is 10.8. The molecule has 1 aromatic rings. The number of piperidine rings is 2. The number of aliphatic hydroxyl groups is 1. The number of allylic oxidation sites excluding steroid dienone is 1. The molecule has 1 amide bonds. The third-order valence-electron chi connectivity index (χ3n) is 6.13. The Morgan fingerprint density at radius 3 is 2.78 bits per heavy atom. The molecule has 2 aliphatic rings. The summed E-state index contributed by atoms with van der Waals surface area (Å²) in [6.45, 7) is 12.2. The van der Waals surface area contributed by atoms with E-state index in [0.29, 0.717) is 17.9 Å². The van der Waals surface area contributed by atoms with Crippen LogP contribution >= 0.6 is 0 Å². The van der Waals surface area contributed by atoms with Crippen LogP contribution in [0.15, 0.2) is 22.1 Å². The molecule has 0 unspecified atom stereocenters. The lowest BCUT2D eigenvalue weighted by atomic mass is 9.71. The number of nitrogens with zero attached hydrogens (tertiary/aromatic N) is 2. The Kier molecular flexibility index (Phi) is 6.11. The Hall–Kier alpha value is -1.59. The van der Waals surface area contributed by atoms with Gasteiger partial charge in [-0.1, -0.05) is 11.6 Å². The lowest BCUT2D eigenvalue weighted by Gasteiger charge is -2.51. The van der Waals surface area contributed by atoms with Crippen molar-refractivity contribution >= 4 is 5.91 Å². The van der Waals surface area contributed by atoms with Crippen LogP contribution in [0.25, 0.3) is 0 Å². The second-order valence-corrected chi connectivity index (χ2v) is 8.67. The van der Waals surface area contributed by atoms with Gasteiger partial charge in [0.2, 0.25) is 0 Å². The minimum atomic E-state index is -0.333. The molecule has 0 aromatic carbocycles. The zero-order valence-electron chi connectivity index (χ0n) is 17.3. The molecule has 1 spiro atoms. The predicted molar refractivity (Wildman–Crippen MR) is 107 cm³/mol.